The third kappa shape index (κ3) is 1.84. The Balaban J connectivity index is 2.25. The van der Waals surface area contributed by atoms with Crippen LogP contribution in [0.2, 0.25) is 0 Å². The first-order valence-corrected chi connectivity index (χ1v) is 4.73. The summed E-state index contributed by atoms with van der Waals surface area (Å²) in [6.45, 7) is 1.97. The van der Waals surface area contributed by atoms with Gasteiger partial charge < -0.3 is 5.32 Å². The molecule has 0 fully saturated rings. The predicted octanol–water partition coefficient (Wildman–Crippen LogP) is 1.44. The van der Waals surface area contributed by atoms with Gasteiger partial charge in [0.25, 0.3) is 0 Å². The molecular weight excluding hydrogens is 172 g/mol. The van der Waals surface area contributed by atoms with Crippen LogP contribution in [0, 0.1) is 12.3 Å². The van der Waals surface area contributed by atoms with Gasteiger partial charge in [0.2, 0.25) is 0 Å². The second-order valence-corrected chi connectivity index (χ2v) is 3.26. The van der Waals surface area contributed by atoms with Gasteiger partial charge in [-0.1, -0.05) is 12.0 Å². The van der Waals surface area contributed by atoms with Crippen LogP contribution in [-0.2, 0) is 0 Å². The molecule has 2 heterocycles. The summed E-state index contributed by atoms with van der Waals surface area (Å²) in [5, 5.41) is 3.27. The van der Waals surface area contributed by atoms with E-state index in [2.05, 4.69) is 22.3 Å². The van der Waals surface area contributed by atoms with Gasteiger partial charge in [0.05, 0.1) is 5.69 Å². The molecule has 1 aromatic rings. The largest absolute Gasteiger partial charge is 0.313 e. The lowest BCUT2D eigenvalue weighted by Crippen LogP contribution is -2.20. The van der Waals surface area contributed by atoms with E-state index in [4.69, 9.17) is 6.42 Å². The monoisotopic (exact) mass is 184 g/mol. The van der Waals surface area contributed by atoms with Crippen LogP contribution in [0.15, 0.2) is 24.4 Å². The third-order valence-electron chi connectivity index (χ3n) is 2.32. The molecule has 2 rings (SSSR count). The maximum absolute atomic E-state index is 5.26. The molecule has 0 saturated heterocycles. The van der Waals surface area contributed by atoms with Crippen LogP contribution in [0.25, 0.3) is 5.57 Å². The minimum Gasteiger partial charge on any atom is -0.313 e. The molecule has 0 bridgehead atoms. The Morgan fingerprint density at radius 1 is 1.43 bits per heavy atom. The van der Waals surface area contributed by atoms with Crippen molar-refractivity contribution < 1.29 is 0 Å². The summed E-state index contributed by atoms with van der Waals surface area (Å²) in [5.74, 6) is 2.56. The van der Waals surface area contributed by atoms with E-state index < -0.39 is 0 Å². The van der Waals surface area contributed by atoms with E-state index in [-0.39, 0.29) is 0 Å². The molecule has 70 valence electrons. The van der Waals surface area contributed by atoms with Gasteiger partial charge in [0, 0.05) is 18.3 Å². The van der Waals surface area contributed by atoms with E-state index in [0.717, 1.165) is 30.8 Å². The van der Waals surface area contributed by atoms with Gasteiger partial charge in [-0.2, -0.15) is 0 Å². The first kappa shape index (κ1) is 8.98. The fourth-order valence-corrected chi connectivity index (χ4v) is 1.52. The van der Waals surface area contributed by atoms with E-state index in [9.17, 15) is 0 Å². The van der Waals surface area contributed by atoms with Crippen LogP contribution in [0.1, 0.15) is 17.7 Å². The number of nitrogens with zero attached hydrogens (tertiary/aromatic N) is 1. The van der Waals surface area contributed by atoms with Gasteiger partial charge >= 0.3 is 0 Å². The normalized spacial score (nSPS) is 15.8. The molecule has 0 atom stereocenters. The molecule has 1 aromatic heterocycles. The second kappa shape index (κ2) is 4.08. The number of pyridine rings is 1. The Kier molecular flexibility index (Phi) is 2.62. The van der Waals surface area contributed by atoms with E-state index in [1.54, 1.807) is 6.20 Å². The molecule has 14 heavy (non-hydrogen) atoms. The van der Waals surface area contributed by atoms with Gasteiger partial charge in [-0.15, -0.1) is 6.42 Å². The molecule has 1 aliphatic heterocycles. The first-order valence-electron chi connectivity index (χ1n) is 4.73. The number of aromatic nitrogens is 1. The Labute approximate surface area is 84.1 Å². The van der Waals surface area contributed by atoms with Crippen molar-refractivity contribution in [3.05, 3.63) is 35.7 Å². The quantitative estimate of drug-likeness (QED) is 0.668. The lowest BCUT2D eigenvalue weighted by Gasteiger charge is -2.13. The number of nitrogens with one attached hydrogen (secondary N) is 1. The fourth-order valence-electron chi connectivity index (χ4n) is 1.52. The molecule has 1 N–H and O–H groups in total. The molecule has 2 heteroatoms. The van der Waals surface area contributed by atoms with Crippen molar-refractivity contribution in [3.63, 3.8) is 0 Å². The van der Waals surface area contributed by atoms with Crippen LogP contribution in [0.5, 0.6) is 0 Å². The lowest BCUT2D eigenvalue weighted by molar-refractivity contribution is 0.737. The Morgan fingerprint density at radius 3 is 2.93 bits per heavy atom. The molecule has 0 radical (unpaired) electrons. The van der Waals surface area contributed by atoms with Gasteiger partial charge in [-0.3, -0.25) is 4.98 Å². The van der Waals surface area contributed by atoms with Gasteiger partial charge in [0.1, 0.15) is 0 Å². The maximum Gasteiger partial charge on any atom is 0.0660 e. The maximum atomic E-state index is 5.26. The molecule has 0 unspecified atom stereocenters. The number of terminal acetylenes is 1. The van der Waals surface area contributed by atoms with E-state index in [1.807, 2.05) is 12.1 Å². The first-order chi connectivity index (χ1) is 6.90. The zero-order valence-corrected chi connectivity index (χ0v) is 7.96. The summed E-state index contributed by atoms with van der Waals surface area (Å²) in [4.78, 5) is 4.33. The zero-order chi connectivity index (χ0) is 9.80. The van der Waals surface area contributed by atoms with Crippen molar-refractivity contribution in [2.75, 3.05) is 13.1 Å². The molecule has 2 nitrogen and oxygen atoms in total. The van der Waals surface area contributed by atoms with Crippen molar-refractivity contribution in [1.29, 1.82) is 0 Å². The average Bonchev–Trinajstić information content (AvgIpc) is 2.30. The van der Waals surface area contributed by atoms with Crippen molar-refractivity contribution in [2.24, 2.45) is 0 Å². The summed E-state index contributed by atoms with van der Waals surface area (Å²) in [7, 11) is 0. The number of hydrogen-bond donors (Lipinski definition) is 1. The van der Waals surface area contributed by atoms with Crippen LogP contribution in [-0.4, -0.2) is 18.1 Å². The minimum atomic E-state index is 0.836. The minimum absolute atomic E-state index is 0.836. The topological polar surface area (TPSA) is 24.9 Å². The summed E-state index contributed by atoms with van der Waals surface area (Å²) >= 11 is 0. The van der Waals surface area contributed by atoms with Crippen molar-refractivity contribution in [2.45, 2.75) is 6.42 Å². The highest BCUT2D eigenvalue weighted by Crippen LogP contribution is 2.17. The third-order valence-corrected chi connectivity index (χ3v) is 2.32. The van der Waals surface area contributed by atoms with Gasteiger partial charge in [-0.05, 0) is 30.7 Å². The summed E-state index contributed by atoms with van der Waals surface area (Å²) in [6.07, 6.45) is 10.2. The highest BCUT2D eigenvalue weighted by molar-refractivity contribution is 5.63. The lowest BCUT2D eigenvalue weighted by atomic mass is 10.1. The van der Waals surface area contributed by atoms with Gasteiger partial charge in [0.15, 0.2) is 0 Å². The summed E-state index contributed by atoms with van der Waals surface area (Å²) < 4.78 is 0. The summed E-state index contributed by atoms with van der Waals surface area (Å²) in [6, 6.07) is 3.93. The second-order valence-electron chi connectivity index (χ2n) is 3.26. The summed E-state index contributed by atoms with van der Waals surface area (Å²) in [5.41, 5.74) is 3.20. The molecular formula is C12H12N2. The Morgan fingerprint density at radius 2 is 2.36 bits per heavy atom. The molecule has 0 aromatic carbocycles. The van der Waals surface area contributed by atoms with Crippen LogP contribution in [0.4, 0.5) is 0 Å². The number of hydrogen-bond acceptors (Lipinski definition) is 2. The molecule has 0 spiro atoms. The molecule has 0 aliphatic carbocycles. The highest BCUT2D eigenvalue weighted by Gasteiger charge is 2.05. The van der Waals surface area contributed by atoms with E-state index in [0.29, 0.717) is 0 Å². The highest BCUT2D eigenvalue weighted by atomic mass is 14.9. The fraction of sp³-hybridized carbons (Fsp3) is 0.250. The molecule has 1 aliphatic rings. The van der Waals surface area contributed by atoms with Crippen LogP contribution < -0.4 is 5.32 Å². The van der Waals surface area contributed by atoms with Crippen LogP contribution in [0.3, 0.4) is 0 Å². The van der Waals surface area contributed by atoms with Crippen molar-refractivity contribution in [3.8, 4) is 12.3 Å². The van der Waals surface area contributed by atoms with E-state index >= 15 is 0 Å². The standard InChI is InChI=1S/C12H12N2/c1-2-10-3-4-12(14-9-10)11-5-7-13-8-6-11/h1,3-5,9,13H,6-8H2. The smallest absolute Gasteiger partial charge is 0.0660 e. The SMILES string of the molecule is C#Cc1ccc(C2=CCNCC2)nc1. The Hall–Kier alpha value is -1.59. The predicted molar refractivity (Wildman–Crippen MR) is 57.6 cm³/mol. The molecule has 0 saturated carbocycles. The van der Waals surface area contributed by atoms with Crippen LogP contribution >= 0.6 is 0 Å². The Bertz CT molecular complexity index is 382. The van der Waals surface area contributed by atoms with Gasteiger partial charge in [-0.25, -0.2) is 0 Å². The van der Waals surface area contributed by atoms with E-state index in [1.165, 1.54) is 5.57 Å². The number of rotatable bonds is 1. The van der Waals surface area contributed by atoms with Crippen molar-refractivity contribution >= 4 is 5.57 Å². The average molecular weight is 184 g/mol. The van der Waals surface area contributed by atoms with Crippen molar-refractivity contribution in [1.82, 2.24) is 10.3 Å². The zero-order valence-electron chi connectivity index (χ0n) is 7.96. The molecule has 0 amide bonds.